The molecule has 0 N–H and O–H groups in total. The van der Waals surface area contributed by atoms with E-state index in [2.05, 4.69) is 9.88 Å². The third-order valence-corrected chi connectivity index (χ3v) is 8.20. The van der Waals surface area contributed by atoms with Crippen LogP contribution in [-0.4, -0.2) is 97.0 Å². The number of hydrogen-bond donors (Lipinski definition) is 0. The first-order valence-electron chi connectivity index (χ1n) is 9.86. The highest BCUT2D eigenvalue weighted by molar-refractivity contribution is 7.89. The van der Waals surface area contributed by atoms with Gasteiger partial charge in [-0.05, 0) is 31.7 Å². The van der Waals surface area contributed by atoms with Crippen LogP contribution >= 0.6 is 0 Å². The zero-order valence-corrected chi connectivity index (χ0v) is 17.4. The second kappa shape index (κ2) is 7.40. The van der Waals surface area contributed by atoms with Crippen LogP contribution in [0.5, 0.6) is 0 Å². The maximum absolute atomic E-state index is 13.0. The molecule has 28 heavy (non-hydrogen) atoms. The largest absolute Gasteiger partial charge is 0.378 e. The molecule has 3 aliphatic heterocycles. The topological polar surface area (TPSA) is 88.0 Å². The highest BCUT2D eigenvalue weighted by atomic mass is 32.2. The Morgan fingerprint density at radius 1 is 1.18 bits per heavy atom. The van der Waals surface area contributed by atoms with Crippen molar-refractivity contribution in [2.45, 2.75) is 30.3 Å². The summed E-state index contributed by atoms with van der Waals surface area (Å²) in [5.41, 5.74) is 0.0114. The normalized spacial score (nSPS) is 26.8. The number of ether oxygens (including phenoxy) is 1. The summed E-state index contributed by atoms with van der Waals surface area (Å²) in [4.78, 5) is 21.0. The van der Waals surface area contributed by atoms with Gasteiger partial charge in [0.25, 0.3) is 10.0 Å². The molecule has 0 aromatic carbocycles. The number of carbonyl (C=O) groups is 1. The summed E-state index contributed by atoms with van der Waals surface area (Å²) in [5.74, 6) is 0.186. The minimum atomic E-state index is -3.55. The molecule has 156 valence electrons. The van der Waals surface area contributed by atoms with Crippen LogP contribution in [0.4, 0.5) is 0 Å². The molecule has 10 heteroatoms. The molecular weight excluding hydrogens is 382 g/mol. The molecule has 4 heterocycles. The number of hydrogen-bond acceptors (Lipinski definition) is 6. The van der Waals surface area contributed by atoms with Gasteiger partial charge in [-0.25, -0.2) is 13.4 Å². The molecule has 9 nitrogen and oxygen atoms in total. The Morgan fingerprint density at radius 3 is 2.46 bits per heavy atom. The molecule has 1 atom stereocenters. The first-order chi connectivity index (χ1) is 13.3. The Labute approximate surface area is 166 Å². The van der Waals surface area contributed by atoms with Gasteiger partial charge in [0.2, 0.25) is 5.91 Å². The Bertz CT molecular complexity index is 825. The molecule has 0 bridgehead atoms. The number of aryl methyl sites for hydroxylation is 1. The van der Waals surface area contributed by atoms with Crippen LogP contribution in [-0.2, 0) is 26.6 Å². The summed E-state index contributed by atoms with van der Waals surface area (Å²) in [5, 5.41) is 0.106. The summed E-state index contributed by atoms with van der Waals surface area (Å²) in [6.07, 6.45) is 5.40. The van der Waals surface area contributed by atoms with Gasteiger partial charge in [-0.2, -0.15) is 4.31 Å². The van der Waals surface area contributed by atoms with E-state index < -0.39 is 10.0 Å². The monoisotopic (exact) mass is 411 g/mol. The first kappa shape index (κ1) is 19.8. The lowest BCUT2D eigenvalue weighted by atomic mass is 9.77. The van der Waals surface area contributed by atoms with Gasteiger partial charge >= 0.3 is 0 Å². The van der Waals surface area contributed by atoms with Crippen LogP contribution < -0.4 is 0 Å². The highest BCUT2D eigenvalue weighted by Crippen LogP contribution is 2.44. The summed E-state index contributed by atoms with van der Waals surface area (Å²) in [6, 6.07) is -0.114. The maximum atomic E-state index is 13.0. The summed E-state index contributed by atoms with van der Waals surface area (Å²) < 4.78 is 34.2. The predicted molar refractivity (Wildman–Crippen MR) is 102 cm³/mol. The number of carbonyl (C=O) groups excluding carboxylic acids is 1. The Morgan fingerprint density at radius 2 is 1.86 bits per heavy atom. The molecule has 1 unspecified atom stereocenters. The van der Waals surface area contributed by atoms with Crippen molar-refractivity contribution in [3.63, 3.8) is 0 Å². The SMILES string of the molecule is CN1CC2(CCN(S(=O)(=O)c3cn(C)cn3)CC2)CC1C(=O)N1CCOCC1. The van der Waals surface area contributed by atoms with E-state index in [1.165, 1.54) is 10.6 Å². The molecule has 3 fully saturated rings. The van der Waals surface area contributed by atoms with Crippen LogP contribution in [0.1, 0.15) is 19.3 Å². The number of nitrogens with zero attached hydrogens (tertiary/aromatic N) is 5. The minimum absolute atomic E-state index is 0.0114. The second-order valence-electron chi connectivity index (χ2n) is 8.35. The molecule has 0 radical (unpaired) electrons. The van der Waals surface area contributed by atoms with Crippen LogP contribution in [0.15, 0.2) is 17.6 Å². The molecule has 1 aromatic rings. The smallest absolute Gasteiger partial charge is 0.262 e. The van der Waals surface area contributed by atoms with Crippen molar-refractivity contribution >= 4 is 15.9 Å². The number of aromatic nitrogens is 2. The van der Waals surface area contributed by atoms with Gasteiger partial charge in [0.15, 0.2) is 5.03 Å². The van der Waals surface area contributed by atoms with E-state index >= 15 is 0 Å². The number of amides is 1. The number of morpholine rings is 1. The minimum Gasteiger partial charge on any atom is -0.378 e. The van der Waals surface area contributed by atoms with E-state index in [1.54, 1.807) is 17.8 Å². The molecule has 3 aliphatic rings. The van der Waals surface area contributed by atoms with Gasteiger partial charge in [0, 0.05) is 46.0 Å². The van der Waals surface area contributed by atoms with Crippen molar-refractivity contribution < 1.29 is 17.9 Å². The van der Waals surface area contributed by atoms with E-state index in [4.69, 9.17) is 4.74 Å². The Balaban J connectivity index is 1.41. The van der Waals surface area contributed by atoms with E-state index in [9.17, 15) is 13.2 Å². The van der Waals surface area contributed by atoms with Gasteiger partial charge in [-0.1, -0.05) is 0 Å². The molecule has 4 rings (SSSR count). The summed E-state index contributed by atoms with van der Waals surface area (Å²) in [6.45, 7) is 4.32. The molecule has 3 saturated heterocycles. The van der Waals surface area contributed by atoms with Crippen LogP contribution in [0.3, 0.4) is 0 Å². The highest BCUT2D eigenvalue weighted by Gasteiger charge is 2.48. The number of likely N-dealkylation sites (tertiary alicyclic amines) is 1. The molecule has 1 amide bonds. The lowest BCUT2D eigenvalue weighted by Gasteiger charge is -2.38. The lowest BCUT2D eigenvalue weighted by Crippen LogP contribution is -2.48. The fourth-order valence-electron chi connectivity index (χ4n) is 4.76. The van der Waals surface area contributed by atoms with Crippen LogP contribution in [0.25, 0.3) is 0 Å². The van der Waals surface area contributed by atoms with Crippen molar-refractivity contribution in [2.24, 2.45) is 12.5 Å². The fraction of sp³-hybridized carbons (Fsp3) is 0.778. The standard InChI is InChI=1S/C18H29N5O4S/c1-20-12-16(19-14-20)28(25,26)23-5-3-18(4-6-23)11-15(21(2)13-18)17(24)22-7-9-27-10-8-22/h12,14-15H,3-11,13H2,1-2H3. The molecule has 1 spiro atoms. The van der Waals surface area contributed by atoms with E-state index in [0.29, 0.717) is 39.4 Å². The molecular formula is C18H29N5O4S. The third-order valence-electron chi connectivity index (χ3n) is 6.42. The number of sulfonamides is 1. The first-order valence-corrected chi connectivity index (χ1v) is 11.3. The van der Waals surface area contributed by atoms with Crippen LogP contribution in [0, 0.1) is 5.41 Å². The van der Waals surface area contributed by atoms with Crippen molar-refractivity contribution in [1.29, 1.82) is 0 Å². The van der Waals surface area contributed by atoms with Crippen LogP contribution in [0.2, 0.25) is 0 Å². The summed E-state index contributed by atoms with van der Waals surface area (Å²) >= 11 is 0. The van der Waals surface area contributed by atoms with Crippen molar-refractivity contribution in [3.8, 4) is 0 Å². The van der Waals surface area contributed by atoms with Crippen molar-refractivity contribution in [3.05, 3.63) is 12.5 Å². The Hall–Kier alpha value is -1.49. The summed E-state index contributed by atoms with van der Waals surface area (Å²) in [7, 11) is 0.221. The van der Waals surface area contributed by atoms with Gasteiger partial charge < -0.3 is 14.2 Å². The lowest BCUT2D eigenvalue weighted by molar-refractivity contribution is -0.139. The van der Waals surface area contributed by atoms with E-state index in [-0.39, 0.29) is 22.4 Å². The van der Waals surface area contributed by atoms with Crippen molar-refractivity contribution in [1.82, 2.24) is 23.7 Å². The zero-order valence-electron chi connectivity index (χ0n) is 16.6. The number of piperidine rings is 1. The second-order valence-corrected chi connectivity index (χ2v) is 10.2. The third kappa shape index (κ3) is 3.58. The average Bonchev–Trinajstić information content (AvgIpc) is 3.26. The van der Waals surface area contributed by atoms with Gasteiger partial charge in [0.05, 0.1) is 25.6 Å². The number of imidazole rings is 1. The molecule has 0 aliphatic carbocycles. The van der Waals surface area contributed by atoms with Gasteiger partial charge in [-0.3, -0.25) is 9.69 Å². The van der Waals surface area contributed by atoms with Gasteiger partial charge in [0.1, 0.15) is 0 Å². The predicted octanol–water partition coefficient (Wildman–Crippen LogP) is -0.246. The fourth-order valence-corrected chi connectivity index (χ4v) is 6.17. The maximum Gasteiger partial charge on any atom is 0.262 e. The molecule has 1 aromatic heterocycles. The average molecular weight is 412 g/mol. The van der Waals surface area contributed by atoms with E-state index in [1.807, 2.05) is 11.9 Å². The number of rotatable bonds is 3. The Kier molecular flexibility index (Phi) is 5.24. The van der Waals surface area contributed by atoms with Crippen molar-refractivity contribution in [2.75, 3.05) is 53.0 Å². The zero-order chi connectivity index (χ0) is 19.9. The quantitative estimate of drug-likeness (QED) is 0.682. The molecule has 0 saturated carbocycles. The van der Waals surface area contributed by atoms with Gasteiger partial charge in [-0.15, -0.1) is 0 Å². The number of likely N-dealkylation sites (N-methyl/N-ethyl adjacent to an activating group) is 1. The van der Waals surface area contributed by atoms with E-state index in [0.717, 1.165) is 25.8 Å².